The zero-order valence-corrected chi connectivity index (χ0v) is 16.7. The summed E-state index contributed by atoms with van der Waals surface area (Å²) >= 11 is 0. The molecule has 6 nitrogen and oxygen atoms in total. The summed E-state index contributed by atoms with van der Waals surface area (Å²) in [6.07, 6.45) is -3.43. The van der Waals surface area contributed by atoms with Crippen molar-refractivity contribution in [3.8, 4) is 0 Å². The molecule has 0 amide bonds. The first-order chi connectivity index (χ1) is 12.4. The molecule has 9 heteroatoms. The van der Waals surface area contributed by atoms with Crippen molar-refractivity contribution in [1.82, 2.24) is 19.9 Å². The first-order valence-corrected chi connectivity index (χ1v) is 8.78. The van der Waals surface area contributed by atoms with Crippen molar-refractivity contribution in [2.45, 2.75) is 66.1 Å². The number of halogens is 3. The van der Waals surface area contributed by atoms with Gasteiger partial charge in [-0.25, -0.2) is 0 Å². The van der Waals surface area contributed by atoms with Crippen LogP contribution in [0, 0.1) is 0 Å². The van der Waals surface area contributed by atoms with Crippen molar-refractivity contribution in [2.75, 3.05) is 10.6 Å². The molecule has 0 saturated carbocycles. The maximum absolute atomic E-state index is 12.8. The van der Waals surface area contributed by atoms with Crippen molar-refractivity contribution in [3.63, 3.8) is 0 Å². The highest BCUT2D eigenvalue weighted by atomic mass is 19.4. The molecule has 0 unspecified atom stereocenters. The molecule has 0 spiro atoms. The Hall–Kier alpha value is -2.45. The topological polar surface area (TPSA) is 75.6 Å². The summed E-state index contributed by atoms with van der Waals surface area (Å²) in [4.78, 5) is 16.3. The van der Waals surface area contributed by atoms with Crippen molar-refractivity contribution < 1.29 is 13.2 Å². The summed E-state index contributed by atoms with van der Waals surface area (Å²) < 4.78 is 38.4. The predicted octanol–water partition coefficient (Wildman–Crippen LogP) is 5.17. The Bertz CT molecular complexity index is 739. The average molecular weight is 384 g/mol. The van der Waals surface area contributed by atoms with Crippen molar-refractivity contribution in [3.05, 3.63) is 29.8 Å². The van der Waals surface area contributed by atoms with E-state index in [9.17, 15) is 13.2 Å². The zero-order chi connectivity index (χ0) is 20.8. The summed E-state index contributed by atoms with van der Waals surface area (Å²) in [7, 11) is 0. The second-order valence-electron chi connectivity index (χ2n) is 6.91. The fourth-order valence-electron chi connectivity index (χ4n) is 1.88. The van der Waals surface area contributed by atoms with E-state index >= 15 is 0 Å². The highest BCUT2D eigenvalue weighted by molar-refractivity contribution is 5.54. The summed E-state index contributed by atoms with van der Waals surface area (Å²) in [6.45, 7) is 13.7. The smallest absolute Gasteiger partial charge is 0.352 e. The van der Waals surface area contributed by atoms with Crippen LogP contribution in [0.4, 0.5) is 30.8 Å². The minimum atomic E-state index is -4.52. The first kappa shape index (κ1) is 22.6. The van der Waals surface area contributed by atoms with E-state index in [1.165, 1.54) is 6.07 Å². The van der Waals surface area contributed by atoms with Crippen LogP contribution < -0.4 is 10.6 Å². The summed E-state index contributed by atoms with van der Waals surface area (Å²) in [5, 5.41) is 5.88. The molecule has 2 rings (SSSR count). The third kappa shape index (κ3) is 6.99. The normalized spacial score (nSPS) is 11.7. The van der Waals surface area contributed by atoms with Crippen LogP contribution in [-0.2, 0) is 11.6 Å². The second-order valence-corrected chi connectivity index (χ2v) is 6.91. The molecule has 150 valence electrons. The summed E-state index contributed by atoms with van der Waals surface area (Å²) in [5.74, 6) is 1.06. The maximum atomic E-state index is 12.8. The number of anilines is 3. The Kier molecular flexibility index (Phi) is 7.50. The SMILES string of the molecule is CC.CC(C)Nc1nc(Nc2ccnc(C(F)(F)F)c2)nc(C(C)(C)C)n1. The number of nitrogens with one attached hydrogen (secondary N) is 2. The molecule has 0 atom stereocenters. The van der Waals surface area contributed by atoms with Gasteiger partial charge in [-0.2, -0.15) is 28.1 Å². The Morgan fingerprint density at radius 3 is 2.07 bits per heavy atom. The van der Waals surface area contributed by atoms with E-state index in [1.807, 2.05) is 48.5 Å². The van der Waals surface area contributed by atoms with E-state index in [2.05, 4.69) is 30.6 Å². The van der Waals surface area contributed by atoms with Gasteiger partial charge in [0, 0.05) is 23.3 Å². The van der Waals surface area contributed by atoms with E-state index in [0.29, 0.717) is 11.8 Å². The molecule has 2 aromatic rings. The molecule has 2 heterocycles. The van der Waals surface area contributed by atoms with Crippen LogP contribution in [0.15, 0.2) is 18.3 Å². The van der Waals surface area contributed by atoms with Crippen LogP contribution in [0.1, 0.15) is 60.0 Å². The molecule has 0 aliphatic heterocycles. The van der Waals surface area contributed by atoms with E-state index in [4.69, 9.17) is 0 Å². The standard InChI is InChI=1S/C16H21F3N6.C2H6/c1-9(2)21-13-23-12(15(3,4)5)24-14(25-13)22-10-6-7-20-11(8-10)16(17,18)19;1-2/h6-9H,1-5H3,(H2,20,21,22,23,24,25);1-2H3. The van der Waals surface area contributed by atoms with Gasteiger partial charge in [0.05, 0.1) is 0 Å². The highest BCUT2D eigenvalue weighted by Crippen LogP contribution is 2.29. The zero-order valence-electron chi connectivity index (χ0n) is 16.7. The minimum absolute atomic E-state index is 0.0980. The maximum Gasteiger partial charge on any atom is 0.433 e. The Balaban J connectivity index is 0.00000176. The Morgan fingerprint density at radius 2 is 1.56 bits per heavy atom. The quantitative estimate of drug-likeness (QED) is 0.757. The molecular weight excluding hydrogens is 357 g/mol. The Morgan fingerprint density at radius 1 is 0.963 bits per heavy atom. The summed E-state index contributed by atoms with van der Waals surface area (Å²) in [5.41, 5.74) is -1.13. The number of aromatic nitrogens is 4. The third-order valence-electron chi connectivity index (χ3n) is 3.03. The van der Waals surface area contributed by atoms with E-state index in [-0.39, 0.29) is 23.1 Å². The van der Waals surface area contributed by atoms with Gasteiger partial charge in [-0.3, -0.25) is 4.98 Å². The van der Waals surface area contributed by atoms with Crippen LogP contribution in [-0.4, -0.2) is 26.0 Å². The molecule has 0 radical (unpaired) electrons. The fourth-order valence-corrected chi connectivity index (χ4v) is 1.88. The van der Waals surface area contributed by atoms with Gasteiger partial charge < -0.3 is 10.6 Å². The number of hydrogen-bond acceptors (Lipinski definition) is 6. The minimum Gasteiger partial charge on any atom is -0.352 e. The second kappa shape index (κ2) is 8.96. The molecule has 27 heavy (non-hydrogen) atoms. The van der Waals surface area contributed by atoms with Crippen molar-refractivity contribution >= 4 is 17.6 Å². The van der Waals surface area contributed by atoms with Crippen LogP contribution in [0.3, 0.4) is 0 Å². The molecule has 0 saturated heterocycles. The van der Waals surface area contributed by atoms with E-state index in [0.717, 1.165) is 12.3 Å². The number of rotatable bonds is 4. The molecule has 0 aromatic carbocycles. The monoisotopic (exact) mass is 384 g/mol. The summed E-state index contributed by atoms with van der Waals surface area (Å²) in [6, 6.07) is 2.43. The Labute approximate surface area is 158 Å². The van der Waals surface area contributed by atoms with Crippen LogP contribution in [0.25, 0.3) is 0 Å². The van der Waals surface area contributed by atoms with Crippen LogP contribution >= 0.6 is 0 Å². The highest BCUT2D eigenvalue weighted by Gasteiger charge is 2.32. The molecular formula is C18H27F3N6. The predicted molar refractivity (Wildman–Crippen MR) is 101 cm³/mol. The van der Waals surface area contributed by atoms with Crippen LogP contribution in [0.5, 0.6) is 0 Å². The lowest BCUT2D eigenvalue weighted by Gasteiger charge is -2.19. The van der Waals surface area contributed by atoms with Crippen molar-refractivity contribution in [2.24, 2.45) is 0 Å². The lowest BCUT2D eigenvalue weighted by atomic mass is 9.96. The van der Waals surface area contributed by atoms with Crippen LogP contribution in [0.2, 0.25) is 0 Å². The first-order valence-electron chi connectivity index (χ1n) is 8.78. The lowest BCUT2D eigenvalue weighted by Crippen LogP contribution is -2.21. The molecule has 0 bridgehead atoms. The van der Waals surface area contributed by atoms with Gasteiger partial charge >= 0.3 is 6.18 Å². The van der Waals surface area contributed by atoms with Gasteiger partial charge in [-0.15, -0.1) is 0 Å². The number of nitrogens with zero attached hydrogens (tertiary/aromatic N) is 4. The van der Waals surface area contributed by atoms with E-state index in [1.54, 1.807) is 0 Å². The third-order valence-corrected chi connectivity index (χ3v) is 3.03. The van der Waals surface area contributed by atoms with Gasteiger partial charge in [0.25, 0.3) is 0 Å². The largest absolute Gasteiger partial charge is 0.433 e. The number of hydrogen-bond donors (Lipinski definition) is 2. The van der Waals surface area contributed by atoms with E-state index < -0.39 is 11.9 Å². The van der Waals surface area contributed by atoms with Gasteiger partial charge in [0.15, 0.2) is 0 Å². The van der Waals surface area contributed by atoms with Gasteiger partial charge in [0.2, 0.25) is 11.9 Å². The van der Waals surface area contributed by atoms with Crippen molar-refractivity contribution in [1.29, 1.82) is 0 Å². The molecule has 2 N–H and O–H groups in total. The molecule has 0 aliphatic rings. The number of pyridine rings is 1. The molecule has 0 aliphatic carbocycles. The lowest BCUT2D eigenvalue weighted by molar-refractivity contribution is -0.141. The average Bonchev–Trinajstić information content (AvgIpc) is 2.54. The van der Waals surface area contributed by atoms with Gasteiger partial charge in [0.1, 0.15) is 11.5 Å². The fraction of sp³-hybridized carbons (Fsp3) is 0.556. The molecule has 0 fully saturated rings. The van der Waals surface area contributed by atoms with Gasteiger partial charge in [-0.05, 0) is 26.0 Å². The molecule has 2 aromatic heterocycles. The van der Waals surface area contributed by atoms with Gasteiger partial charge in [-0.1, -0.05) is 34.6 Å². The number of alkyl halides is 3.